The Morgan fingerprint density at radius 1 is 0.686 bits per heavy atom. The summed E-state index contributed by atoms with van der Waals surface area (Å²) in [5, 5.41) is 0. The van der Waals surface area contributed by atoms with Crippen LogP contribution in [0.3, 0.4) is 0 Å². The van der Waals surface area contributed by atoms with Gasteiger partial charge in [-0.25, -0.2) is 18.7 Å². The molecule has 0 radical (unpaired) electrons. The molecule has 0 aliphatic rings. The molecule has 196 valence electrons. The fraction of sp³-hybridized carbons (Fsp3) is 0.667. The van der Waals surface area contributed by atoms with Crippen LogP contribution in [0.15, 0.2) is 36.7 Å². The molecule has 0 bridgehead atoms. The van der Waals surface area contributed by atoms with E-state index in [1.54, 1.807) is 0 Å². The van der Waals surface area contributed by atoms with E-state index in [2.05, 4.69) is 23.8 Å². The molecular formula is C30H46F2N2O. The maximum Gasteiger partial charge on any atom is 0.159 e. The summed E-state index contributed by atoms with van der Waals surface area (Å²) in [7, 11) is 0. The number of aromatic nitrogens is 2. The van der Waals surface area contributed by atoms with Crippen molar-refractivity contribution in [3.8, 4) is 17.1 Å². The van der Waals surface area contributed by atoms with Crippen molar-refractivity contribution in [2.45, 2.75) is 123 Å². The van der Waals surface area contributed by atoms with Gasteiger partial charge in [0, 0.05) is 18.0 Å². The van der Waals surface area contributed by atoms with Gasteiger partial charge in [0.1, 0.15) is 24.7 Å². The lowest BCUT2D eigenvalue weighted by atomic mass is 10.1. The fourth-order valence-corrected chi connectivity index (χ4v) is 4.19. The summed E-state index contributed by atoms with van der Waals surface area (Å²) in [6.07, 6.45) is 17.3. The second-order valence-electron chi connectivity index (χ2n) is 9.74. The summed E-state index contributed by atoms with van der Waals surface area (Å²) in [5.74, 6) is 1.28. The van der Waals surface area contributed by atoms with Crippen molar-refractivity contribution in [3.63, 3.8) is 0 Å². The highest BCUT2D eigenvalue weighted by molar-refractivity contribution is 5.55. The maximum atomic E-state index is 14.1. The first-order valence-electron chi connectivity index (χ1n) is 13.9. The average Bonchev–Trinajstić information content (AvgIpc) is 2.88. The summed E-state index contributed by atoms with van der Waals surface area (Å²) < 4.78 is 33.5. The van der Waals surface area contributed by atoms with Crippen molar-refractivity contribution in [2.75, 3.05) is 6.61 Å². The monoisotopic (exact) mass is 488 g/mol. The van der Waals surface area contributed by atoms with Crippen molar-refractivity contribution in [1.82, 2.24) is 9.97 Å². The molecule has 0 amide bonds. The van der Waals surface area contributed by atoms with Crippen LogP contribution in [0.25, 0.3) is 11.4 Å². The van der Waals surface area contributed by atoms with Gasteiger partial charge in [0.15, 0.2) is 5.82 Å². The first-order chi connectivity index (χ1) is 17.1. The summed E-state index contributed by atoms with van der Waals surface area (Å²) in [6, 6.07) is 7.40. The van der Waals surface area contributed by atoms with E-state index in [9.17, 15) is 8.78 Å². The summed E-state index contributed by atoms with van der Waals surface area (Å²) in [5.41, 5.74) is 2.08. The third kappa shape index (κ3) is 13.0. The van der Waals surface area contributed by atoms with Gasteiger partial charge in [0.25, 0.3) is 0 Å². The minimum atomic E-state index is -1.16. The fourth-order valence-electron chi connectivity index (χ4n) is 4.19. The zero-order valence-corrected chi connectivity index (χ0v) is 22.0. The Kier molecular flexibility index (Phi) is 15.2. The molecule has 2 unspecified atom stereocenters. The van der Waals surface area contributed by atoms with Gasteiger partial charge in [-0.1, -0.05) is 78.1 Å². The summed E-state index contributed by atoms with van der Waals surface area (Å²) in [4.78, 5) is 9.04. The van der Waals surface area contributed by atoms with Crippen LogP contribution in [-0.2, 0) is 6.42 Å². The van der Waals surface area contributed by atoms with Gasteiger partial charge in [-0.3, -0.25) is 0 Å². The number of benzene rings is 1. The van der Waals surface area contributed by atoms with E-state index < -0.39 is 12.3 Å². The number of nitrogens with zero attached hydrogens (tertiary/aromatic N) is 2. The maximum absolute atomic E-state index is 14.1. The Morgan fingerprint density at radius 2 is 1.26 bits per heavy atom. The van der Waals surface area contributed by atoms with Crippen LogP contribution in [0.4, 0.5) is 8.78 Å². The normalized spacial score (nSPS) is 13.0. The van der Waals surface area contributed by atoms with E-state index in [1.165, 1.54) is 56.9 Å². The quantitative estimate of drug-likeness (QED) is 0.174. The standard InChI is InChI=1S/C30H46F2N2O/c1-3-5-7-8-9-10-11-13-14-25-22-33-30(34-23-25)26-16-20-29(21-17-26)35-24-28(32)19-18-27(31)15-12-6-4-2/h16-17,20-23,27-28H,3-15,18-19,24H2,1-2H3. The number of unbranched alkanes of at least 4 members (excludes halogenated alkanes) is 9. The summed E-state index contributed by atoms with van der Waals surface area (Å²) in [6.45, 7) is 4.30. The van der Waals surface area contributed by atoms with Gasteiger partial charge in [0.05, 0.1) is 0 Å². The molecule has 3 nitrogen and oxygen atoms in total. The van der Waals surface area contributed by atoms with E-state index in [4.69, 9.17) is 4.74 Å². The Bertz CT molecular complexity index is 767. The van der Waals surface area contributed by atoms with Gasteiger partial charge in [-0.15, -0.1) is 0 Å². The number of ether oxygens (including phenoxy) is 1. The number of aryl methyl sites for hydroxylation is 1. The Hall–Kier alpha value is -2.04. The van der Waals surface area contributed by atoms with E-state index in [0.29, 0.717) is 18.0 Å². The molecule has 2 rings (SSSR count). The van der Waals surface area contributed by atoms with Crippen LogP contribution < -0.4 is 4.74 Å². The highest BCUT2D eigenvalue weighted by Crippen LogP contribution is 2.21. The van der Waals surface area contributed by atoms with E-state index in [0.717, 1.165) is 31.2 Å². The van der Waals surface area contributed by atoms with Crippen LogP contribution in [0.1, 0.15) is 109 Å². The molecule has 1 aromatic heterocycles. The van der Waals surface area contributed by atoms with Crippen molar-refractivity contribution in [2.24, 2.45) is 0 Å². The van der Waals surface area contributed by atoms with Gasteiger partial charge >= 0.3 is 0 Å². The second-order valence-corrected chi connectivity index (χ2v) is 9.74. The predicted octanol–water partition coefficient (Wildman–Crippen LogP) is 9.24. The molecule has 1 aromatic carbocycles. The first kappa shape index (κ1) is 29.2. The topological polar surface area (TPSA) is 35.0 Å². The Balaban J connectivity index is 1.65. The van der Waals surface area contributed by atoms with Gasteiger partial charge in [-0.05, 0) is 61.9 Å². The predicted molar refractivity (Wildman–Crippen MR) is 142 cm³/mol. The van der Waals surface area contributed by atoms with Crippen molar-refractivity contribution in [1.29, 1.82) is 0 Å². The third-order valence-electron chi connectivity index (χ3n) is 6.48. The van der Waals surface area contributed by atoms with E-state index >= 15 is 0 Å². The Morgan fingerprint density at radius 3 is 1.91 bits per heavy atom. The molecule has 0 N–H and O–H groups in total. The van der Waals surface area contributed by atoms with Crippen molar-refractivity contribution < 1.29 is 13.5 Å². The molecular weight excluding hydrogens is 442 g/mol. The van der Waals surface area contributed by atoms with Crippen LogP contribution in [0.5, 0.6) is 5.75 Å². The van der Waals surface area contributed by atoms with Crippen LogP contribution >= 0.6 is 0 Å². The minimum Gasteiger partial charge on any atom is -0.491 e. The number of hydrogen-bond donors (Lipinski definition) is 0. The smallest absolute Gasteiger partial charge is 0.159 e. The second kappa shape index (κ2) is 18.3. The number of alkyl halides is 2. The average molecular weight is 489 g/mol. The van der Waals surface area contributed by atoms with Crippen molar-refractivity contribution >= 4 is 0 Å². The highest BCUT2D eigenvalue weighted by atomic mass is 19.1. The Labute approximate surface area is 212 Å². The molecule has 0 spiro atoms. The molecule has 0 saturated heterocycles. The lowest BCUT2D eigenvalue weighted by molar-refractivity contribution is 0.168. The van der Waals surface area contributed by atoms with Crippen molar-refractivity contribution in [3.05, 3.63) is 42.2 Å². The van der Waals surface area contributed by atoms with Crippen LogP contribution in [0, 0.1) is 0 Å². The largest absolute Gasteiger partial charge is 0.491 e. The van der Waals surface area contributed by atoms with Crippen LogP contribution in [-0.4, -0.2) is 28.9 Å². The van der Waals surface area contributed by atoms with E-state index in [-0.39, 0.29) is 19.4 Å². The third-order valence-corrected chi connectivity index (χ3v) is 6.48. The summed E-state index contributed by atoms with van der Waals surface area (Å²) >= 11 is 0. The molecule has 0 aliphatic heterocycles. The number of rotatable bonds is 20. The van der Waals surface area contributed by atoms with Crippen LogP contribution in [0.2, 0.25) is 0 Å². The molecule has 2 atom stereocenters. The van der Waals surface area contributed by atoms with Gasteiger partial charge < -0.3 is 4.74 Å². The molecule has 2 aromatic rings. The lowest BCUT2D eigenvalue weighted by Crippen LogP contribution is -2.15. The molecule has 0 aliphatic carbocycles. The molecule has 0 saturated carbocycles. The first-order valence-corrected chi connectivity index (χ1v) is 13.9. The molecule has 1 heterocycles. The number of hydrogen-bond acceptors (Lipinski definition) is 3. The SMILES string of the molecule is CCCCCCCCCCc1cnc(-c2ccc(OCC(F)CCC(F)CCCCC)cc2)nc1. The highest BCUT2D eigenvalue weighted by Gasteiger charge is 2.13. The molecule has 35 heavy (non-hydrogen) atoms. The zero-order chi connectivity index (χ0) is 25.1. The van der Waals surface area contributed by atoms with E-state index in [1.807, 2.05) is 36.7 Å². The van der Waals surface area contributed by atoms with Gasteiger partial charge in [0.2, 0.25) is 0 Å². The molecule has 0 fully saturated rings. The van der Waals surface area contributed by atoms with Gasteiger partial charge in [-0.2, -0.15) is 0 Å². The lowest BCUT2D eigenvalue weighted by Gasteiger charge is -2.12. The zero-order valence-electron chi connectivity index (χ0n) is 22.0. The minimum absolute atomic E-state index is 0.0506. The number of halogens is 2. The molecule has 5 heteroatoms.